The first kappa shape index (κ1) is 14.7. The van der Waals surface area contributed by atoms with Gasteiger partial charge < -0.3 is 14.5 Å². The van der Waals surface area contributed by atoms with Gasteiger partial charge in [0.2, 0.25) is 0 Å². The van der Waals surface area contributed by atoms with Crippen LogP contribution in [0.15, 0.2) is 24.3 Å². The molecule has 0 spiro atoms. The van der Waals surface area contributed by atoms with Crippen LogP contribution < -0.4 is 0 Å². The minimum absolute atomic E-state index is 0.126. The molecule has 0 N–H and O–H groups in total. The number of hydrogen-bond acceptors (Lipinski definition) is 6. The highest BCUT2D eigenvalue weighted by Gasteiger charge is 2.40. The molecule has 0 bridgehead atoms. The van der Waals surface area contributed by atoms with Crippen LogP contribution in [0.4, 0.5) is 0 Å². The first-order valence-corrected chi connectivity index (χ1v) is 7.01. The number of ether oxygens (including phenoxy) is 1. The Morgan fingerprint density at radius 3 is 2.32 bits per heavy atom. The maximum Gasteiger partial charge on any atom is 0.363 e. The number of hydroxylamine groups is 2. The second kappa shape index (κ2) is 5.51. The molecule has 1 fully saturated rings. The SMILES string of the molecule is CC1CN(C)CC(C(=O)ON2C(=O)c3ccccc3C2=O)O1. The van der Waals surface area contributed by atoms with Crippen molar-refractivity contribution in [2.75, 3.05) is 20.1 Å². The maximum atomic E-state index is 12.2. The largest absolute Gasteiger partial charge is 0.363 e. The van der Waals surface area contributed by atoms with Crippen LogP contribution in [0.2, 0.25) is 0 Å². The normalized spacial score (nSPS) is 25.3. The van der Waals surface area contributed by atoms with E-state index in [2.05, 4.69) is 0 Å². The zero-order valence-electron chi connectivity index (χ0n) is 12.3. The fourth-order valence-corrected chi connectivity index (χ4v) is 2.69. The Kier molecular flexibility index (Phi) is 3.67. The Hall–Kier alpha value is -2.25. The Bertz CT molecular complexity index is 600. The lowest BCUT2D eigenvalue weighted by Gasteiger charge is -2.33. The molecule has 0 aromatic heterocycles. The number of likely N-dealkylation sites (N-methyl/N-ethyl adjacent to an activating group) is 1. The first-order valence-electron chi connectivity index (χ1n) is 7.01. The molecule has 2 unspecified atom stereocenters. The number of amides is 2. The van der Waals surface area contributed by atoms with Crippen LogP contribution in [-0.4, -0.2) is 60.1 Å². The van der Waals surface area contributed by atoms with Gasteiger partial charge in [0.1, 0.15) is 0 Å². The number of benzene rings is 1. The summed E-state index contributed by atoms with van der Waals surface area (Å²) in [6, 6.07) is 6.35. The van der Waals surface area contributed by atoms with Gasteiger partial charge in [-0.1, -0.05) is 17.2 Å². The van der Waals surface area contributed by atoms with Crippen molar-refractivity contribution in [1.82, 2.24) is 9.96 Å². The molecule has 7 heteroatoms. The van der Waals surface area contributed by atoms with Crippen molar-refractivity contribution in [2.45, 2.75) is 19.1 Å². The molecule has 0 saturated carbocycles. The van der Waals surface area contributed by atoms with Crippen LogP contribution in [-0.2, 0) is 14.4 Å². The summed E-state index contributed by atoms with van der Waals surface area (Å²) < 4.78 is 5.51. The highest BCUT2D eigenvalue weighted by atomic mass is 16.7. The minimum atomic E-state index is -0.821. The summed E-state index contributed by atoms with van der Waals surface area (Å²) in [5.41, 5.74) is 0.464. The number of imide groups is 1. The monoisotopic (exact) mass is 304 g/mol. The van der Waals surface area contributed by atoms with Crippen molar-refractivity contribution in [1.29, 1.82) is 0 Å². The zero-order valence-corrected chi connectivity index (χ0v) is 12.3. The van der Waals surface area contributed by atoms with Crippen molar-refractivity contribution in [3.05, 3.63) is 35.4 Å². The Labute approximate surface area is 127 Å². The highest BCUT2D eigenvalue weighted by molar-refractivity contribution is 6.20. The number of nitrogens with zero attached hydrogens (tertiary/aromatic N) is 2. The second-order valence-electron chi connectivity index (χ2n) is 5.52. The van der Waals surface area contributed by atoms with Gasteiger partial charge >= 0.3 is 5.97 Å². The molecule has 2 aliphatic rings. The van der Waals surface area contributed by atoms with Crippen LogP contribution in [0.5, 0.6) is 0 Å². The molecule has 2 atom stereocenters. The van der Waals surface area contributed by atoms with Crippen LogP contribution in [0.3, 0.4) is 0 Å². The maximum absolute atomic E-state index is 12.2. The molecule has 3 rings (SSSR count). The Balaban J connectivity index is 1.73. The number of hydrogen-bond donors (Lipinski definition) is 0. The van der Waals surface area contributed by atoms with Crippen molar-refractivity contribution in [3.63, 3.8) is 0 Å². The van der Waals surface area contributed by atoms with Gasteiger partial charge in [-0.2, -0.15) is 0 Å². The average Bonchev–Trinajstić information content (AvgIpc) is 2.72. The van der Waals surface area contributed by atoms with Crippen LogP contribution in [0, 0.1) is 0 Å². The van der Waals surface area contributed by atoms with Crippen LogP contribution >= 0.6 is 0 Å². The highest BCUT2D eigenvalue weighted by Crippen LogP contribution is 2.23. The van der Waals surface area contributed by atoms with Crippen molar-refractivity contribution in [2.24, 2.45) is 0 Å². The number of rotatable bonds is 2. The summed E-state index contributed by atoms with van der Waals surface area (Å²) in [5.74, 6) is -2.01. The van der Waals surface area contributed by atoms with Crippen molar-refractivity contribution in [3.8, 4) is 0 Å². The van der Waals surface area contributed by atoms with Crippen molar-refractivity contribution >= 4 is 17.8 Å². The molecule has 7 nitrogen and oxygen atoms in total. The molecular weight excluding hydrogens is 288 g/mol. The minimum Gasteiger partial charge on any atom is -0.361 e. The molecule has 0 radical (unpaired) electrons. The van der Waals surface area contributed by atoms with E-state index in [0.29, 0.717) is 18.2 Å². The van der Waals surface area contributed by atoms with E-state index in [0.717, 1.165) is 0 Å². The van der Waals surface area contributed by atoms with Gasteiger partial charge in [0.15, 0.2) is 6.10 Å². The smallest absolute Gasteiger partial charge is 0.361 e. The molecule has 2 aliphatic heterocycles. The fraction of sp³-hybridized carbons (Fsp3) is 0.400. The van der Waals surface area contributed by atoms with Gasteiger partial charge in [-0.25, -0.2) is 4.79 Å². The lowest BCUT2D eigenvalue weighted by molar-refractivity contribution is -0.191. The van der Waals surface area contributed by atoms with Crippen LogP contribution in [0.1, 0.15) is 27.6 Å². The van der Waals surface area contributed by atoms with E-state index in [9.17, 15) is 14.4 Å². The molecule has 0 aliphatic carbocycles. The van der Waals surface area contributed by atoms with E-state index >= 15 is 0 Å². The summed E-state index contributed by atoms with van der Waals surface area (Å²) in [5, 5.41) is 0.510. The lowest BCUT2D eigenvalue weighted by atomic mass is 10.1. The third-order valence-electron chi connectivity index (χ3n) is 3.64. The summed E-state index contributed by atoms with van der Waals surface area (Å²) in [7, 11) is 1.86. The molecule has 2 heterocycles. The van der Waals surface area contributed by atoms with Crippen LogP contribution in [0.25, 0.3) is 0 Å². The van der Waals surface area contributed by atoms with Gasteiger partial charge in [-0.3, -0.25) is 9.59 Å². The number of carbonyl (C=O) groups excluding carboxylic acids is 3. The summed E-state index contributed by atoms with van der Waals surface area (Å²) in [6.07, 6.45) is -0.948. The fourth-order valence-electron chi connectivity index (χ4n) is 2.69. The van der Waals surface area contributed by atoms with E-state index in [-0.39, 0.29) is 17.2 Å². The quantitative estimate of drug-likeness (QED) is 0.739. The van der Waals surface area contributed by atoms with E-state index in [1.54, 1.807) is 12.1 Å². The Morgan fingerprint density at radius 1 is 1.18 bits per heavy atom. The summed E-state index contributed by atoms with van der Waals surface area (Å²) >= 11 is 0. The molecule has 116 valence electrons. The number of carbonyl (C=O) groups is 3. The Morgan fingerprint density at radius 2 is 1.77 bits per heavy atom. The molecule has 1 saturated heterocycles. The molecule has 22 heavy (non-hydrogen) atoms. The van der Waals surface area contributed by atoms with Gasteiger partial charge in [-0.05, 0) is 26.1 Å². The zero-order chi connectivity index (χ0) is 15.9. The third-order valence-corrected chi connectivity index (χ3v) is 3.64. The van der Waals surface area contributed by atoms with E-state index in [1.807, 2.05) is 18.9 Å². The molecule has 1 aromatic carbocycles. The van der Waals surface area contributed by atoms with E-state index in [4.69, 9.17) is 9.57 Å². The third kappa shape index (κ3) is 2.49. The molecule has 2 amide bonds. The van der Waals surface area contributed by atoms with E-state index in [1.165, 1.54) is 12.1 Å². The van der Waals surface area contributed by atoms with Gasteiger partial charge in [0.25, 0.3) is 11.8 Å². The van der Waals surface area contributed by atoms with Gasteiger partial charge in [0.05, 0.1) is 17.2 Å². The average molecular weight is 304 g/mol. The topological polar surface area (TPSA) is 76.2 Å². The summed E-state index contributed by atoms with van der Waals surface area (Å²) in [6.45, 7) is 2.90. The summed E-state index contributed by atoms with van der Waals surface area (Å²) in [4.78, 5) is 43.4. The van der Waals surface area contributed by atoms with E-state index < -0.39 is 23.9 Å². The first-order chi connectivity index (χ1) is 10.5. The van der Waals surface area contributed by atoms with Gasteiger partial charge in [-0.15, -0.1) is 0 Å². The van der Waals surface area contributed by atoms with Crippen molar-refractivity contribution < 1.29 is 24.0 Å². The predicted octanol–water partition coefficient (Wildman–Crippen LogP) is 0.460. The molecule has 1 aromatic rings. The predicted molar refractivity (Wildman–Crippen MR) is 74.9 cm³/mol. The lowest BCUT2D eigenvalue weighted by Crippen LogP contribution is -2.50. The standard InChI is InChI=1S/C15H16N2O5/c1-9-7-16(2)8-12(21-9)15(20)22-17-13(18)10-5-3-4-6-11(10)14(17)19/h3-6,9,12H,7-8H2,1-2H3. The molecular formula is C15H16N2O5. The second-order valence-corrected chi connectivity index (χ2v) is 5.52. The number of fused-ring (bicyclic) bond motifs is 1. The number of morpholine rings is 1. The van der Waals surface area contributed by atoms with Gasteiger partial charge in [0, 0.05) is 13.1 Å².